The quantitative estimate of drug-likeness (QED) is 0.540. The molecule has 0 aromatic rings. The highest BCUT2D eigenvalue weighted by Crippen LogP contribution is 2.30. The van der Waals surface area contributed by atoms with Crippen molar-refractivity contribution < 1.29 is 4.79 Å². The van der Waals surface area contributed by atoms with Gasteiger partial charge in [-0.25, -0.2) is 0 Å². The van der Waals surface area contributed by atoms with E-state index >= 15 is 0 Å². The molecule has 1 aliphatic carbocycles. The van der Waals surface area contributed by atoms with Gasteiger partial charge in [-0.1, -0.05) is 23.2 Å². The molecule has 48 valence electrons. The number of allylic oxidation sites excluding steroid dienone is 4. The molecular formula is C6H4Cl2O. The Morgan fingerprint density at radius 1 is 1.33 bits per heavy atom. The second-order valence-corrected chi connectivity index (χ2v) is 2.59. The van der Waals surface area contributed by atoms with Gasteiger partial charge in [-0.15, -0.1) is 0 Å². The number of aldehydes is 1. The first-order valence-electron chi connectivity index (χ1n) is 2.44. The number of rotatable bonds is 1. The fraction of sp³-hybridized carbons (Fsp3) is 0.167. The first-order chi connectivity index (χ1) is 4.25. The number of carbonyl (C=O) groups excluding carboxylic acids is 1. The van der Waals surface area contributed by atoms with Crippen LogP contribution in [0.25, 0.3) is 0 Å². The molecule has 0 saturated heterocycles. The van der Waals surface area contributed by atoms with Crippen LogP contribution in [0.4, 0.5) is 0 Å². The average Bonchev–Trinajstić information content (AvgIpc) is 2.12. The second kappa shape index (κ2) is 2.54. The lowest BCUT2D eigenvalue weighted by Crippen LogP contribution is -1.97. The molecule has 0 bridgehead atoms. The molecule has 0 fully saturated rings. The Kier molecular flexibility index (Phi) is 1.94. The average molecular weight is 163 g/mol. The van der Waals surface area contributed by atoms with Gasteiger partial charge in [0, 0.05) is 10.1 Å². The van der Waals surface area contributed by atoms with Crippen molar-refractivity contribution in [1.82, 2.24) is 0 Å². The van der Waals surface area contributed by atoms with Crippen LogP contribution in [0.3, 0.4) is 0 Å². The van der Waals surface area contributed by atoms with E-state index in [0.29, 0.717) is 10.1 Å². The summed E-state index contributed by atoms with van der Waals surface area (Å²) < 4.78 is 0. The lowest BCUT2D eigenvalue weighted by Gasteiger charge is -1.98. The highest BCUT2D eigenvalue weighted by molar-refractivity contribution is 6.37. The lowest BCUT2D eigenvalue weighted by atomic mass is 10.2. The third-order valence-corrected chi connectivity index (χ3v) is 1.85. The van der Waals surface area contributed by atoms with E-state index in [1.807, 2.05) is 0 Å². The van der Waals surface area contributed by atoms with Gasteiger partial charge in [0.25, 0.3) is 0 Å². The van der Waals surface area contributed by atoms with Crippen LogP contribution in [0.15, 0.2) is 22.2 Å². The molecule has 0 unspecified atom stereocenters. The summed E-state index contributed by atoms with van der Waals surface area (Å²) in [7, 11) is 0. The Balaban J connectivity index is 2.81. The minimum absolute atomic E-state index is 0.395. The minimum Gasteiger partial charge on any atom is -0.302 e. The van der Waals surface area contributed by atoms with Gasteiger partial charge >= 0.3 is 0 Å². The van der Waals surface area contributed by atoms with Crippen molar-refractivity contribution in [2.75, 3.05) is 0 Å². The molecule has 0 aromatic carbocycles. The van der Waals surface area contributed by atoms with Gasteiger partial charge in [0.05, 0.1) is 5.92 Å². The largest absolute Gasteiger partial charge is 0.302 e. The fourth-order valence-electron chi connectivity index (χ4n) is 0.628. The summed E-state index contributed by atoms with van der Waals surface area (Å²) in [4.78, 5) is 10.2. The Morgan fingerprint density at radius 2 is 1.78 bits per heavy atom. The molecule has 0 N–H and O–H groups in total. The van der Waals surface area contributed by atoms with E-state index in [-0.39, 0.29) is 0 Å². The smallest absolute Gasteiger partial charge is 0.133 e. The van der Waals surface area contributed by atoms with E-state index < -0.39 is 5.92 Å². The molecule has 1 aliphatic rings. The predicted molar refractivity (Wildman–Crippen MR) is 37.4 cm³/mol. The molecule has 0 saturated carbocycles. The SMILES string of the molecule is O=CC1C(Cl)=CC=C1Cl. The summed E-state index contributed by atoms with van der Waals surface area (Å²) in [6, 6.07) is 0. The van der Waals surface area contributed by atoms with Crippen LogP contribution in [0.1, 0.15) is 0 Å². The van der Waals surface area contributed by atoms with Crippen molar-refractivity contribution in [3.05, 3.63) is 22.2 Å². The van der Waals surface area contributed by atoms with Gasteiger partial charge < -0.3 is 4.79 Å². The van der Waals surface area contributed by atoms with Crippen molar-refractivity contribution in [2.24, 2.45) is 5.92 Å². The molecule has 0 aromatic heterocycles. The Hall–Kier alpha value is -0.270. The van der Waals surface area contributed by atoms with Gasteiger partial charge in [0.15, 0.2) is 0 Å². The van der Waals surface area contributed by atoms with Crippen LogP contribution < -0.4 is 0 Å². The monoisotopic (exact) mass is 162 g/mol. The standard InChI is InChI=1S/C6H4Cl2O/c7-5-1-2-6(8)4(5)3-9/h1-4H. The predicted octanol–water partition coefficient (Wildman–Crippen LogP) is 2.06. The van der Waals surface area contributed by atoms with Gasteiger partial charge in [0.2, 0.25) is 0 Å². The van der Waals surface area contributed by atoms with E-state index in [4.69, 9.17) is 23.2 Å². The van der Waals surface area contributed by atoms with Gasteiger partial charge in [-0.2, -0.15) is 0 Å². The molecule has 0 aliphatic heterocycles. The molecule has 0 amide bonds. The van der Waals surface area contributed by atoms with Gasteiger partial charge in [-0.05, 0) is 12.2 Å². The summed E-state index contributed by atoms with van der Waals surface area (Å²) in [5.41, 5.74) is 0. The van der Waals surface area contributed by atoms with Crippen LogP contribution in [0.2, 0.25) is 0 Å². The molecule has 0 spiro atoms. The van der Waals surface area contributed by atoms with E-state index in [1.54, 1.807) is 12.2 Å². The van der Waals surface area contributed by atoms with Crippen LogP contribution in [-0.4, -0.2) is 6.29 Å². The maximum atomic E-state index is 10.2. The van der Waals surface area contributed by atoms with Gasteiger partial charge in [-0.3, -0.25) is 0 Å². The van der Waals surface area contributed by atoms with Crippen molar-refractivity contribution in [1.29, 1.82) is 0 Å². The highest BCUT2D eigenvalue weighted by atomic mass is 35.5. The zero-order valence-electron chi connectivity index (χ0n) is 4.47. The van der Waals surface area contributed by atoms with Crippen LogP contribution in [0.5, 0.6) is 0 Å². The van der Waals surface area contributed by atoms with Crippen LogP contribution in [0, 0.1) is 5.92 Å². The second-order valence-electron chi connectivity index (χ2n) is 1.72. The summed E-state index contributed by atoms with van der Waals surface area (Å²) in [6.07, 6.45) is 3.98. The van der Waals surface area contributed by atoms with E-state index in [9.17, 15) is 4.79 Å². The third kappa shape index (κ3) is 1.17. The maximum absolute atomic E-state index is 10.2. The number of halogens is 2. The highest BCUT2D eigenvalue weighted by Gasteiger charge is 2.18. The molecule has 1 nitrogen and oxygen atoms in total. The first kappa shape index (κ1) is 6.84. The summed E-state index contributed by atoms with van der Waals surface area (Å²) in [6.45, 7) is 0. The van der Waals surface area contributed by atoms with Crippen molar-refractivity contribution in [3.63, 3.8) is 0 Å². The normalized spacial score (nSPS) is 19.3. The summed E-state index contributed by atoms with van der Waals surface area (Å²) in [5, 5.41) is 0.991. The number of carbonyl (C=O) groups is 1. The van der Waals surface area contributed by atoms with Crippen molar-refractivity contribution in [2.45, 2.75) is 0 Å². The van der Waals surface area contributed by atoms with Crippen LogP contribution in [-0.2, 0) is 4.79 Å². The van der Waals surface area contributed by atoms with Crippen LogP contribution >= 0.6 is 23.2 Å². The maximum Gasteiger partial charge on any atom is 0.133 e. The van der Waals surface area contributed by atoms with Crippen molar-refractivity contribution >= 4 is 29.5 Å². The fourth-order valence-corrected chi connectivity index (χ4v) is 1.15. The summed E-state index contributed by atoms with van der Waals surface area (Å²) >= 11 is 11.1. The molecule has 3 heteroatoms. The molecule has 0 atom stereocenters. The topological polar surface area (TPSA) is 17.1 Å². The summed E-state index contributed by atoms with van der Waals surface area (Å²) in [5.74, 6) is -0.395. The van der Waals surface area contributed by atoms with E-state index in [2.05, 4.69) is 0 Å². The zero-order valence-corrected chi connectivity index (χ0v) is 5.99. The van der Waals surface area contributed by atoms with E-state index in [0.717, 1.165) is 6.29 Å². The minimum atomic E-state index is -0.395. The Morgan fingerprint density at radius 3 is 2.00 bits per heavy atom. The molecular weight excluding hydrogens is 159 g/mol. The zero-order chi connectivity index (χ0) is 6.85. The van der Waals surface area contributed by atoms with Crippen molar-refractivity contribution in [3.8, 4) is 0 Å². The molecule has 9 heavy (non-hydrogen) atoms. The third-order valence-electron chi connectivity index (χ3n) is 1.13. The number of hydrogen-bond acceptors (Lipinski definition) is 1. The Bertz CT molecular complexity index is 175. The first-order valence-corrected chi connectivity index (χ1v) is 3.19. The number of hydrogen-bond donors (Lipinski definition) is 0. The Labute approximate surface area is 62.9 Å². The molecule has 0 radical (unpaired) electrons. The molecule has 0 heterocycles. The van der Waals surface area contributed by atoms with E-state index in [1.165, 1.54) is 0 Å². The molecule has 1 rings (SSSR count). The lowest BCUT2D eigenvalue weighted by molar-refractivity contribution is -0.109. The van der Waals surface area contributed by atoms with Gasteiger partial charge in [0.1, 0.15) is 6.29 Å².